The molecule has 0 fully saturated rings. The van der Waals surface area contributed by atoms with Crippen LogP contribution in [0.5, 0.6) is 0 Å². The Kier molecular flexibility index (Phi) is 5.67. The first kappa shape index (κ1) is 6.35. The van der Waals surface area contributed by atoms with E-state index in [0.717, 1.165) is 5.88 Å². The van der Waals surface area contributed by atoms with Crippen LogP contribution in [0.3, 0.4) is 0 Å². The van der Waals surface area contributed by atoms with Crippen LogP contribution < -0.4 is 0 Å². The van der Waals surface area contributed by atoms with Gasteiger partial charge in [-0.3, -0.25) is 0 Å². The molecule has 0 N–H and O–H groups in total. The van der Waals surface area contributed by atoms with Crippen molar-refractivity contribution in [2.75, 3.05) is 5.88 Å². The van der Waals surface area contributed by atoms with Gasteiger partial charge in [0.15, 0.2) is 0 Å². The average molecular weight is 104 g/mol. The minimum Gasteiger partial charge on any atom is -0.127 e. The molecule has 36 valence electrons. The Morgan fingerprint density at radius 3 is 2.50 bits per heavy atom. The minimum absolute atomic E-state index is 0.827. The number of alkyl halides is 1. The predicted molar refractivity (Wildman–Crippen MR) is 33.2 cm³/mol. The van der Waals surface area contributed by atoms with Gasteiger partial charge < -0.3 is 0 Å². The number of rotatable bonds is 3. The zero-order valence-electron chi connectivity index (χ0n) is 4.21. The maximum Gasteiger partial charge on any atom is 0.117 e. The molecule has 0 saturated carbocycles. The highest BCUT2D eigenvalue weighted by Gasteiger charge is 1.79. The first-order valence-corrected chi connectivity index (χ1v) is 3.01. The van der Waals surface area contributed by atoms with Crippen LogP contribution in [0.2, 0.25) is 13.1 Å². The Hall–Kier alpha value is 0.355. The highest BCUT2D eigenvalue weighted by molar-refractivity contribution is 6.33. The van der Waals surface area contributed by atoms with Gasteiger partial charge in [0.25, 0.3) is 0 Å². The van der Waals surface area contributed by atoms with E-state index < -0.39 is 0 Å². The van der Waals surface area contributed by atoms with Gasteiger partial charge in [0, 0.05) is 5.88 Å². The molecule has 0 aliphatic heterocycles. The topological polar surface area (TPSA) is 0 Å². The molecular weight excluding hydrogens is 94.3 g/mol. The van der Waals surface area contributed by atoms with Crippen LogP contribution in [0, 0.1) is 0 Å². The fourth-order valence-electron chi connectivity index (χ4n) is 0.344. The minimum atomic E-state index is 0.827. The van der Waals surface area contributed by atoms with E-state index in [9.17, 15) is 0 Å². The molecular formula is C4H10BCl. The van der Waals surface area contributed by atoms with E-state index >= 15 is 0 Å². The predicted octanol–water partition coefficient (Wildman–Crippen LogP) is 1.52. The van der Waals surface area contributed by atoms with Crippen LogP contribution in [-0.4, -0.2) is 13.2 Å². The molecule has 0 spiro atoms. The largest absolute Gasteiger partial charge is 0.127 e. The molecule has 0 nitrogen and oxygen atoms in total. The summed E-state index contributed by atoms with van der Waals surface area (Å²) in [5, 5.41) is 0. The summed E-state index contributed by atoms with van der Waals surface area (Å²) in [4.78, 5) is 0. The van der Waals surface area contributed by atoms with Gasteiger partial charge in [-0.05, 0) is 6.42 Å². The molecule has 2 heteroatoms. The Labute approximate surface area is 45.1 Å². The quantitative estimate of drug-likeness (QED) is 0.289. The van der Waals surface area contributed by atoms with E-state index in [2.05, 4.69) is 6.82 Å². The third kappa shape index (κ3) is 4.35. The van der Waals surface area contributed by atoms with Crippen molar-refractivity contribution in [3.8, 4) is 0 Å². The number of hydrogen-bond donors (Lipinski definition) is 0. The lowest BCUT2D eigenvalue weighted by Gasteiger charge is -1.82. The van der Waals surface area contributed by atoms with Gasteiger partial charge in [-0.25, -0.2) is 0 Å². The maximum absolute atomic E-state index is 5.38. The van der Waals surface area contributed by atoms with Crippen LogP contribution in [0.1, 0.15) is 6.42 Å². The van der Waals surface area contributed by atoms with Crippen molar-refractivity contribution in [3.63, 3.8) is 0 Å². The monoisotopic (exact) mass is 104 g/mol. The summed E-state index contributed by atoms with van der Waals surface area (Å²) in [6.45, 7) is 2.17. The van der Waals surface area contributed by atoms with Crippen molar-refractivity contribution >= 4 is 18.9 Å². The van der Waals surface area contributed by atoms with Crippen molar-refractivity contribution in [1.29, 1.82) is 0 Å². The molecule has 6 heavy (non-hydrogen) atoms. The first-order chi connectivity index (χ1) is 2.91. The molecule has 0 heterocycles. The van der Waals surface area contributed by atoms with Crippen LogP contribution in [0.15, 0.2) is 0 Å². The molecule has 0 aromatic rings. The van der Waals surface area contributed by atoms with E-state index in [0.29, 0.717) is 0 Å². The number of hydrogen-bond acceptors (Lipinski definition) is 0. The van der Waals surface area contributed by atoms with Gasteiger partial charge in [-0.15, -0.1) is 11.6 Å². The van der Waals surface area contributed by atoms with Crippen molar-refractivity contribution < 1.29 is 0 Å². The zero-order valence-corrected chi connectivity index (χ0v) is 4.96. The normalized spacial score (nSPS) is 8.33. The van der Waals surface area contributed by atoms with E-state index in [-0.39, 0.29) is 0 Å². The van der Waals surface area contributed by atoms with Crippen LogP contribution >= 0.6 is 11.6 Å². The summed E-state index contributed by atoms with van der Waals surface area (Å²) < 4.78 is 0. The highest BCUT2D eigenvalue weighted by atomic mass is 35.5. The Morgan fingerprint density at radius 1 is 1.67 bits per heavy atom. The summed E-state index contributed by atoms with van der Waals surface area (Å²) in [5.41, 5.74) is 0. The van der Waals surface area contributed by atoms with Crippen LogP contribution in [0.25, 0.3) is 0 Å². The van der Waals surface area contributed by atoms with Gasteiger partial charge in [0.1, 0.15) is 7.28 Å². The Bertz CT molecular complexity index is 19.5. The van der Waals surface area contributed by atoms with Crippen molar-refractivity contribution in [3.05, 3.63) is 0 Å². The molecule has 0 saturated heterocycles. The second-order valence-electron chi connectivity index (χ2n) is 1.40. The van der Waals surface area contributed by atoms with Gasteiger partial charge in [0.05, 0.1) is 0 Å². The summed E-state index contributed by atoms with van der Waals surface area (Å²) in [6, 6.07) is 0. The molecule has 0 aliphatic rings. The Morgan fingerprint density at radius 2 is 2.33 bits per heavy atom. The van der Waals surface area contributed by atoms with E-state index in [1.165, 1.54) is 20.0 Å². The van der Waals surface area contributed by atoms with Crippen molar-refractivity contribution in [1.82, 2.24) is 0 Å². The summed E-state index contributed by atoms with van der Waals surface area (Å²) in [5.74, 6) is 0.827. The number of halogens is 1. The third-order valence-corrected chi connectivity index (χ3v) is 1.00. The average Bonchev–Trinajstić information content (AvgIpc) is 1.61. The molecule has 0 rings (SSSR count). The molecule has 0 amide bonds. The van der Waals surface area contributed by atoms with Gasteiger partial charge in [-0.2, -0.15) is 0 Å². The Balaban J connectivity index is 2.34. The highest BCUT2D eigenvalue weighted by Crippen LogP contribution is 1.89. The van der Waals surface area contributed by atoms with Gasteiger partial charge in [-0.1, -0.05) is 13.1 Å². The summed E-state index contributed by atoms with van der Waals surface area (Å²) in [6.07, 6.45) is 2.46. The molecule has 0 unspecified atom stereocenters. The molecule has 0 radical (unpaired) electrons. The lowest BCUT2D eigenvalue weighted by molar-refractivity contribution is 1.08. The summed E-state index contributed by atoms with van der Waals surface area (Å²) >= 11 is 5.38. The van der Waals surface area contributed by atoms with Gasteiger partial charge in [0.2, 0.25) is 0 Å². The zero-order chi connectivity index (χ0) is 4.83. The fraction of sp³-hybridized carbons (Fsp3) is 1.00. The smallest absolute Gasteiger partial charge is 0.117 e. The van der Waals surface area contributed by atoms with Gasteiger partial charge >= 0.3 is 0 Å². The SMILES string of the molecule is CBCCCCl. The lowest BCUT2D eigenvalue weighted by Crippen LogP contribution is -1.79. The van der Waals surface area contributed by atoms with Crippen LogP contribution in [-0.2, 0) is 0 Å². The van der Waals surface area contributed by atoms with Crippen molar-refractivity contribution in [2.45, 2.75) is 19.6 Å². The molecule has 0 aliphatic carbocycles. The lowest BCUT2D eigenvalue weighted by atomic mass is 9.77. The first-order valence-electron chi connectivity index (χ1n) is 2.47. The van der Waals surface area contributed by atoms with E-state index in [1.54, 1.807) is 0 Å². The van der Waals surface area contributed by atoms with Crippen LogP contribution in [0.4, 0.5) is 0 Å². The van der Waals surface area contributed by atoms with E-state index in [1.807, 2.05) is 0 Å². The molecule has 0 bridgehead atoms. The molecule has 0 aromatic heterocycles. The van der Waals surface area contributed by atoms with E-state index in [4.69, 9.17) is 11.6 Å². The molecule has 0 atom stereocenters. The third-order valence-electron chi connectivity index (χ3n) is 0.737. The second-order valence-corrected chi connectivity index (χ2v) is 1.77. The maximum atomic E-state index is 5.38. The van der Waals surface area contributed by atoms with Crippen molar-refractivity contribution in [2.24, 2.45) is 0 Å². The fourth-order valence-corrected chi connectivity index (χ4v) is 0.533. The molecule has 0 aromatic carbocycles. The summed E-state index contributed by atoms with van der Waals surface area (Å²) in [7, 11) is 1.27. The second kappa shape index (κ2) is 5.35. The standard InChI is InChI=1S/C4H10BCl/c1-5-3-2-4-6/h5H,2-4H2,1H3.